The maximum Gasteiger partial charge on any atom is 0.435 e. The van der Waals surface area contributed by atoms with Crippen molar-refractivity contribution in [3.63, 3.8) is 0 Å². The van der Waals surface area contributed by atoms with Gasteiger partial charge >= 0.3 is 24.1 Å². The number of rotatable bonds is 3. The van der Waals surface area contributed by atoms with Gasteiger partial charge in [-0.05, 0) is 0 Å². The molecule has 0 saturated carbocycles. The lowest BCUT2D eigenvalue weighted by atomic mass is 9.93. The Kier molecular flexibility index (Phi) is 4.59. The highest BCUT2D eigenvalue weighted by Crippen LogP contribution is 2.55. The van der Waals surface area contributed by atoms with Crippen molar-refractivity contribution in [2.24, 2.45) is 0 Å². The van der Waals surface area contributed by atoms with Gasteiger partial charge in [-0.15, -0.1) is 0 Å². The van der Waals surface area contributed by atoms with Gasteiger partial charge in [-0.2, -0.15) is 39.5 Å². The highest BCUT2D eigenvalue weighted by atomic mass is 19.4. The molecule has 2 heterocycles. The van der Waals surface area contributed by atoms with E-state index in [2.05, 4.69) is 4.74 Å². The summed E-state index contributed by atoms with van der Waals surface area (Å²) in [4.78, 5) is 0.468. The number of quaternary nitrogens is 1. The number of fused-ring (bicyclic) bond motifs is 1. The summed E-state index contributed by atoms with van der Waals surface area (Å²) in [5.74, 6) is 0. The average molecular weight is 376 g/mol. The zero-order valence-corrected chi connectivity index (χ0v) is 12.1. The number of halogens is 9. The molecule has 0 aromatic carbocycles. The minimum Gasteiger partial charge on any atom is -0.390 e. The first-order valence-electron chi connectivity index (χ1n) is 7.04. The van der Waals surface area contributed by atoms with Crippen LogP contribution in [0.25, 0.3) is 0 Å². The van der Waals surface area contributed by atoms with Crippen LogP contribution in [0, 0.1) is 0 Å². The van der Waals surface area contributed by atoms with Crippen molar-refractivity contribution in [3.8, 4) is 0 Å². The van der Waals surface area contributed by atoms with Gasteiger partial charge in [0.25, 0.3) is 0 Å². The Bertz CT molecular complexity index is 437. The number of aliphatic hydroxyl groups excluding tert-OH is 1. The van der Waals surface area contributed by atoms with E-state index >= 15 is 0 Å². The lowest BCUT2D eigenvalue weighted by Crippen LogP contribution is -3.16. The molecule has 12 heteroatoms. The fraction of sp³-hybridized carbons (Fsp3) is 1.00. The highest BCUT2D eigenvalue weighted by molar-refractivity contribution is 5.04. The number of aliphatic hydroxyl groups is 1. The van der Waals surface area contributed by atoms with Gasteiger partial charge in [-0.25, -0.2) is 0 Å². The van der Waals surface area contributed by atoms with Crippen LogP contribution in [0.3, 0.4) is 0 Å². The molecule has 0 amide bonds. The Morgan fingerprint density at radius 3 is 1.83 bits per heavy atom. The zero-order chi connectivity index (χ0) is 18.6. The highest BCUT2D eigenvalue weighted by Gasteiger charge is 2.86. The first-order chi connectivity index (χ1) is 10.7. The molecule has 0 aromatic heterocycles. The van der Waals surface area contributed by atoms with Crippen LogP contribution in [0.1, 0.15) is 19.3 Å². The van der Waals surface area contributed by atoms with Gasteiger partial charge in [0.1, 0.15) is 18.2 Å². The summed E-state index contributed by atoms with van der Waals surface area (Å²) in [5, 5.41) is 9.38. The third-order valence-corrected chi connectivity index (χ3v) is 4.82. The number of hydrogen-bond acceptors (Lipinski definition) is 2. The molecule has 2 aliphatic heterocycles. The summed E-state index contributed by atoms with van der Waals surface area (Å²) in [6, 6.07) is 0. The molecule has 2 fully saturated rings. The van der Waals surface area contributed by atoms with E-state index in [0.717, 1.165) is 0 Å². The van der Waals surface area contributed by atoms with Gasteiger partial charge in [0, 0.05) is 19.3 Å². The van der Waals surface area contributed by atoms with Crippen molar-refractivity contribution < 1.29 is 54.3 Å². The van der Waals surface area contributed by atoms with Crippen molar-refractivity contribution in [1.82, 2.24) is 0 Å². The Morgan fingerprint density at radius 1 is 0.958 bits per heavy atom. The fourth-order valence-electron chi connectivity index (χ4n) is 3.70. The topological polar surface area (TPSA) is 33.9 Å². The van der Waals surface area contributed by atoms with Crippen LogP contribution in [-0.4, -0.2) is 60.6 Å². The summed E-state index contributed by atoms with van der Waals surface area (Å²) in [6.07, 6.45) is -21.7. The van der Waals surface area contributed by atoms with E-state index in [1.54, 1.807) is 0 Å². The molecule has 24 heavy (non-hydrogen) atoms. The minimum absolute atomic E-state index is 0.301. The molecule has 2 saturated heterocycles. The molecule has 2 aliphatic rings. The van der Waals surface area contributed by atoms with E-state index in [4.69, 9.17) is 0 Å². The Balaban J connectivity index is 2.38. The molecule has 0 aliphatic carbocycles. The maximum absolute atomic E-state index is 12.9. The summed E-state index contributed by atoms with van der Waals surface area (Å²) in [7, 11) is 0. The van der Waals surface area contributed by atoms with Gasteiger partial charge in [-0.3, -0.25) is 0 Å². The maximum atomic E-state index is 12.9. The standard InChI is InChI=1S/C12H14F9NO2/c13-10(14,15)9(11(16,17)18,12(19,20)21)24-7-4-8(6-23)2-1-3-22(8)5-7/h7,23H,1-6H2/p+1. The molecule has 0 spiro atoms. The normalized spacial score (nSPS) is 32.2. The molecular formula is C12H15F9NO2+. The summed E-state index contributed by atoms with van der Waals surface area (Å²) in [6.45, 7) is -0.652. The zero-order valence-electron chi connectivity index (χ0n) is 12.1. The van der Waals surface area contributed by atoms with E-state index in [1.165, 1.54) is 0 Å². The predicted octanol–water partition coefficient (Wildman–Crippen LogP) is 1.61. The molecule has 2 N–H and O–H groups in total. The Labute approximate surface area is 130 Å². The Morgan fingerprint density at radius 2 is 1.46 bits per heavy atom. The lowest BCUT2D eigenvalue weighted by molar-refractivity contribution is -0.927. The summed E-state index contributed by atoms with van der Waals surface area (Å²) >= 11 is 0. The molecule has 3 unspecified atom stereocenters. The van der Waals surface area contributed by atoms with Crippen molar-refractivity contribution in [2.75, 3.05) is 19.7 Å². The van der Waals surface area contributed by atoms with Crippen molar-refractivity contribution in [1.29, 1.82) is 0 Å². The van der Waals surface area contributed by atoms with Crippen LogP contribution in [0.5, 0.6) is 0 Å². The van der Waals surface area contributed by atoms with Crippen LogP contribution in [-0.2, 0) is 4.74 Å². The molecule has 2 rings (SSSR count). The van der Waals surface area contributed by atoms with E-state index in [0.29, 0.717) is 24.3 Å². The van der Waals surface area contributed by atoms with Gasteiger partial charge in [0.2, 0.25) is 0 Å². The third-order valence-electron chi connectivity index (χ3n) is 4.82. The first-order valence-corrected chi connectivity index (χ1v) is 7.04. The van der Waals surface area contributed by atoms with Gasteiger partial charge in [-0.1, -0.05) is 0 Å². The van der Waals surface area contributed by atoms with E-state index in [9.17, 15) is 44.6 Å². The largest absolute Gasteiger partial charge is 0.435 e. The number of nitrogens with one attached hydrogen (secondary N) is 1. The molecule has 0 radical (unpaired) electrons. The summed E-state index contributed by atoms with van der Waals surface area (Å²) in [5.41, 5.74) is -7.29. The van der Waals surface area contributed by atoms with Crippen molar-refractivity contribution in [3.05, 3.63) is 0 Å². The quantitative estimate of drug-likeness (QED) is 0.734. The van der Waals surface area contributed by atoms with Crippen LogP contribution in [0.15, 0.2) is 0 Å². The van der Waals surface area contributed by atoms with Gasteiger partial charge in [0.15, 0.2) is 0 Å². The van der Waals surface area contributed by atoms with E-state index in [-0.39, 0.29) is 0 Å². The molecule has 0 bridgehead atoms. The minimum atomic E-state index is -6.72. The smallest absolute Gasteiger partial charge is 0.390 e. The molecule has 3 nitrogen and oxygen atoms in total. The van der Waals surface area contributed by atoms with Gasteiger partial charge in [0.05, 0.1) is 13.2 Å². The predicted molar refractivity (Wildman–Crippen MR) is 60.1 cm³/mol. The molecule has 0 aromatic rings. The van der Waals surface area contributed by atoms with Crippen LogP contribution < -0.4 is 4.90 Å². The van der Waals surface area contributed by atoms with Crippen molar-refractivity contribution in [2.45, 2.75) is 55.0 Å². The SMILES string of the molecule is OCC12CCC[NH+]1CC(OC(C(F)(F)F)(C(F)(F)F)C(F)(F)F)C2. The fourth-order valence-corrected chi connectivity index (χ4v) is 3.70. The van der Waals surface area contributed by atoms with Crippen LogP contribution >= 0.6 is 0 Å². The van der Waals surface area contributed by atoms with Crippen molar-refractivity contribution >= 4 is 0 Å². The monoisotopic (exact) mass is 376 g/mol. The Hall–Kier alpha value is -0.750. The van der Waals surface area contributed by atoms with E-state index in [1.807, 2.05) is 0 Å². The average Bonchev–Trinajstić information content (AvgIpc) is 2.87. The van der Waals surface area contributed by atoms with Gasteiger partial charge < -0.3 is 14.7 Å². The lowest BCUT2D eigenvalue weighted by Gasteiger charge is -2.39. The second-order valence-electron chi connectivity index (χ2n) is 6.22. The molecule has 3 atom stereocenters. The number of alkyl halides is 9. The molecule has 142 valence electrons. The second-order valence-corrected chi connectivity index (χ2v) is 6.22. The number of hydrogen-bond donors (Lipinski definition) is 2. The number of ether oxygens (including phenoxy) is 1. The second kappa shape index (κ2) is 5.63. The van der Waals surface area contributed by atoms with Crippen LogP contribution in [0.2, 0.25) is 0 Å². The molecular weight excluding hydrogens is 361 g/mol. The first kappa shape index (κ1) is 19.6. The third kappa shape index (κ3) is 2.75. The van der Waals surface area contributed by atoms with E-state index < -0.39 is 55.3 Å². The summed E-state index contributed by atoms with van der Waals surface area (Å²) < 4.78 is 120. The van der Waals surface area contributed by atoms with Crippen LogP contribution in [0.4, 0.5) is 39.5 Å².